The van der Waals surface area contributed by atoms with Crippen molar-refractivity contribution in [1.29, 1.82) is 0 Å². The van der Waals surface area contributed by atoms with E-state index in [0.717, 1.165) is 7.96 Å². The SMILES string of the molecule is PP(P)P(P(P)P)P(P(PP(P(P(P(P(P)P)P(P)P)P(P(P)P)P(P)P)P(P(P(P)P)P(P)P)P(P(P)P)P(P)P)P(P(P(P(P)P)P(P)P)P(P(P)P)P(P)P)P(P(P(P)P)P(P)P)P(P(P)P)P(P)P)P(P(P(P)P)P(P)P)P(P(P(P)P)P(P)P)P(P(P)P)P(P)P)P(P(P)P)P(P)P.[V]. The Morgan fingerprint density at radius 3 is 0.221 bits per heavy atom. The fourth-order valence-electron chi connectivity index (χ4n) is 6.30. The van der Waals surface area contributed by atoms with E-state index in [9.17, 15) is 0 Å². The Morgan fingerprint density at radius 1 is 0.0865 bits per heavy atom. The van der Waals surface area contributed by atoms with Crippen LogP contribution < -0.4 is 0 Å². The maximum atomic E-state index is 3.80. The normalized spacial score (nSPS) is 15.2. The Balaban J connectivity index is 0. The van der Waals surface area contributed by atoms with Crippen molar-refractivity contribution >= 4 is 822 Å². The number of hydrogen-bond donors (Lipinski definition) is 0. The van der Waals surface area contributed by atoms with Crippen LogP contribution in [0.25, 0.3) is 0 Å². The second-order valence-electron chi connectivity index (χ2n) is 16.5. The van der Waals surface area contributed by atoms with Gasteiger partial charge in [-0.15, -0.1) is 464 Å². The van der Waals surface area contributed by atoms with Gasteiger partial charge in [0.25, 0.3) is 0 Å². The fraction of sp³-hybridized carbons (Fsp3) is 0. The molecule has 1 radical (unpaired) electrons. The van der Waals surface area contributed by atoms with Gasteiger partial charge >= 0.3 is 0 Å². The molecule has 0 aliphatic heterocycles. The van der Waals surface area contributed by atoms with E-state index in [1.54, 1.807) is 0 Å². The molecule has 0 aromatic rings. The molecule has 55 unspecified atom stereocenters. The molecule has 0 heterocycles. The summed E-state index contributed by atoms with van der Waals surface area (Å²) in [5, 5.41) is 0. The smallest absolute Gasteiger partial charge is 0 e. The quantitative estimate of drug-likeness (QED) is 0.0533. The third-order valence-corrected chi connectivity index (χ3v) is 738. The molecule has 104 heteroatoms. The summed E-state index contributed by atoms with van der Waals surface area (Å²) < 4.78 is 0. The molecular formula is H105P103V. The van der Waals surface area contributed by atoms with Crippen LogP contribution in [0.4, 0.5) is 0 Å². The largest absolute Gasteiger partial charge is 0.102 e. The van der Waals surface area contributed by atoms with Gasteiger partial charge in [-0.2, -0.15) is 0 Å². The third-order valence-electron chi connectivity index (χ3n) is 9.11. The molecule has 0 aromatic heterocycles. The summed E-state index contributed by atoms with van der Waals surface area (Å²) in [5.74, 6) is 0. The van der Waals surface area contributed by atoms with Crippen molar-refractivity contribution in [2.45, 2.75) is 0 Å². The minimum absolute atomic E-state index is 0. The van der Waals surface area contributed by atoms with Crippen molar-refractivity contribution in [1.82, 2.24) is 0 Å². The molecule has 104 heavy (non-hydrogen) atoms. The summed E-state index contributed by atoms with van der Waals surface area (Å²) in [6.45, 7) is -20.8. The molecule has 0 aliphatic carbocycles. The van der Waals surface area contributed by atoms with Crippen molar-refractivity contribution in [3.05, 3.63) is 0 Å². The Hall–Kier alpha value is 44.9. The van der Waals surface area contributed by atoms with Crippen LogP contribution in [0.5, 0.6) is 0 Å². The molecule has 625 valence electrons. The van der Waals surface area contributed by atoms with Crippen LogP contribution in [0.15, 0.2) is 0 Å². The average Bonchev–Trinajstić information content (AvgIpc) is 3.40. The van der Waals surface area contributed by atoms with Gasteiger partial charge < -0.3 is 0 Å². The van der Waals surface area contributed by atoms with E-state index >= 15 is 0 Å². The van der Waals surface area contributed by atoms with E-state index in [0.29, 0.717) is 0 Å². The Kier molecular flexibility index (Phi) is 121. The Morgan fingerprint density at radius 2 is 0.144 bits per heavy atom. The first-order valence-corrected chi connectivity index (χ1v) is 211. The van der Waals surface area contributed by atoms with E-state index in [4.69, 9.17) is 0 Å². The molecule has 0 bridgehead atoms. The summed E-state index contributed by atoms with van der Waals surface area (Å²) in [5.41, 5.74) is 0. The predicted molar refractivity (Wildman–Crippen MR) is 859 cm³/mol. The maximum Gasteiger partial charge on any atom is 0 e. The Labute approximate surface area is 826 Å². The zero-order valence-electron chi connectivity index (χ0n) is 53.3. The van der Waals surface area contributed by atoms with Crippen LogP contribution in [-0.4, -0.2) is 0 Å². The first kappa shape index (κ1) is 151. The van der Waals surface area contributed by atoms with Gasteiger partial charge in [0, 0.05) is 18.6 Å². The summed E-state index contributed by atoms with van der Waals surface area (Å²) in [6.07, 6.45) is 0. The second kappa shape index (κ2) is 83.1. The van der Waals surface area contributed by atoms with Gasteiger partial charge in [0.1, 0.15) is 0 Å². The average molecular weight is 3350 g/mol. The second-order valence-corrected chi connectivity index (χ2v) is 444. The van der Waals surface area contributed by atoms with Crippen LogP contribution in [0, 0.1) is 0 Å². The molecule has 0 fully saturated rings. The fourth-order valence-corrected chi connectivity index (χ4v) is 1530. The van der Waals surface area contributed by atoms with Crippen molar-refractivity contribution in [3.63, 3.8) is 0 Å². The third kappa shape index (κ3) is 53.9. The van der Waals surface area contributed by atoms with Crippen LogP contribution in [-0.2, 0) is 18.6 Å². The van der Waals surface area contributed by atoms with Crippen LogP contribution in [0.2, 0.25) is 0 Å². The molecule has 0 nitrogen and oxygen atoms in total. The van der Waals surface area contributed by atoms with Crippen LogP contribution in [0.1, 0.15) is 0 Å². The molecule has 0 saturated heterocycles. The van der Waals surface area contributed by atoms with Crippen LogP contribution in [0.3, 0.4) is 0 Å². The van der Waals surface area contributed by atoms with E-state index in [1.807, 2.05) is 0 Å². The molecule has 55 atom stereocenters. The molecule has 0 saturated carbocycles. The molecule has 0 aliphatic rings. The molecule has 0 spiro atoms. The van der Waals surface area contributed by atoms with Gasteiger partial charge in [-0.05, 0) is 357 Å². The monoisotopic (exact) mass is 3350 g/mol. The van der Waals surface area contributed by atoms with Crippen molar-refractivity contribution in [3.8, 4) is 0 Å². The standard InChI is InChI=1S/H105P103.V/c1-54(2)82(55(3)4)95(83(56(5)6)57(7)8)80(96(84(58(9)10)59(11)12)99(85(60(13)14)61(15)16)86(62(17)18)63(19)20)53-81(97(100(87(64(21)22)65(23)24)88(66(25)26)67(27)28)101(89(68(29)30)69(31)32)90(70(33)34)71(35)36)98(102(91(72(37)38)73(39)40)92(74(41)42)75(43)44)103(93(76(45)46)77(47)48)94(78(49)50)79(51)52;/h53H,1-52H2;. The van der Waals surface area contributed by atoms with E-state index in [2.05, 4.69) is 464 Å². The maximum absolute atomic E-state index is 3.80. The minimum atomic E-state index is -0.590. The van der Waals surface area contributed by atoms with Crippen molar-refractivity contribution in [2.24, 2.45) is 0 Å². The summed E-state index contributed by atoms with van der Waals surface area (Å²) in [7, 11) is 197. The topological polar surface area (TPSA) is 0 Å². The van der Waals surface area contributed by atoms with Gasteiger partial charge in [-0.1, -0.05) is 0 Å². The number of hydrogen-bond acceptors (Lipinski definition) is 0. The van der Waals surface area contributed by atoms with Gasteiger partial charge in [-0.25, -0.2) is 0 Å². The van der Waals surface area contributed by atoms with E-state index in [-0.39, 0.29) is 137 Å². The van der Waals surface area contributed by atoms with Gasteiger partial charge in [0.15, 0.2) is 0 Å². The van der Waals surface area contributed by atoms with E-state index in [1.165, 1.54) is 0 Å². The first-order chi connectivity index (χ1) is 46.8. The molecular weight excluding hydrogens is 3240 g/mol. The number of rotatable bonds is 50. The van der Waals surface area contributed by atoms with Gasteiger partial charge in [0.05, 0.1) is 0 Å². The van der Waals surface area contributed by atoms with Gasteiger partial charge in [0.2, 0.25) is 0 Å². The summed E-state index contributed by atoms with van der Waals surface area (Å²) in [6, 6.07) is 0. The zero-order valence-corrected chi connectivity index (χ0v) is 160. The zero-order chi connectivity index (χ0) is 81.6. The van der Waals surface area contributed by atoms with Crippen LogP contribution >= 0.6 is 822 Å². The Bertz CT molecular complexity index is 1740. The van der Waals surface area contributed by atoms with Gasteiger partial charge in [-0.3, -0.25) is 0 Å². The summed E-state index contributed by atoms with van der Waals surface area (Å²) >= 11 is 0. The first-order valence-electron chi connectivity index (χ1n) is 23.5. The molecule has 0 amide bonds. The molecule has 0 aromatic carbocycles. The summed E-state index contributed by atoms with van der Waals surface area (Å²) in [4.78, 5) is 0. The van der Waals surface area contributed by atoms with Crippen molar-refractivity contribution < 1.29 is 18.6 Å². The molecule has 0 N–H and O–H groups in total. The predicted octanol–water partition coefficient (Wildman–Crippen LogP) is 60.6. The molecule has 0 rings (SSSR count). The minimum Gasteiger partial charge on any atom is -0.102 e. The van der Waals surface area contributed by atoms with E-state index < -0.39 is 231 Å². The van der Waals surface area contributed by atoms with Crippen molar-refractivity contribution in [2.75, 3.05) is 0 Å².